The van der Waals surface area contributed by atoms with E-state index >= 15 is 0 Å². The molecule has 28 heavy (non-hydrogen) atoms. The third-order valence-corrected chi connectivity index (χ3v) is 4.94. The Hall–Kier alpha value is -3.03. The number of imide groups is 1. The zero-order chi connectivity index (χ0) is 20.5. The molecule has 1 saturated heterocycles. The normalized spacial score (nSPS) is 19.7. The molecule has 1 heterocycles. The minimum absolute atomic E-state index is 0.139. The van der Waals surface area contributed by atoms with E-state index in [1.165, 1.54) is 25.3 Å². The number of alkyl halides is 3. The van der Waals surface area contributed by atoms with Crippen molar-refractivity contribution < 1.29 is 27.5 Å². The summed E-state index contributed by atoms with van der Waals surface area (Å²) in [5.74, 6) is 0.00452. The number of nitrogens with one attached hydrogen (secondary N) is 1. The molecule has 1 N–H and O–H groups in total. The highest BCUT2D eigenvalue weighted by Gasteiger charge is 2.51. The maximum absolute atomic E-state index is 13.3. The van der Waals surface area contributed by atoms with Gasteiger partial charge < -0.3 is 10.1 Å². The number of ether oxygens (including phenoxy) is 1. The Morgan fingerprint density at radius 2 is 1.71 bits per heavy atom. The Morgan fingerprint density at radius 3 is 2.29 bits per heavy atom. The van der Waals surface area contributed by atoms with E-state index in [9.17, 15) is 22.8 Å². The van der Waals surface area contributed by atoms with Crippen LogP contribution in [0.4, 0.5) is 18.0 Å². The van der Waals surface area contributed by atoms with Gasteiger partial charge in [0.1, 0.15) is 11.3 Å². The molecule has 8 heteroatoms. The van der Waals surface area contributed by atoms with E-state index < -0.39 is 35.8 Å². The Labute approximate surface area is 160 Å². The lowest BCUT2D eigenvalue weighted by Gasteiger charge is -2.26. The lowest BCUT2D eigenvalue weighted by Crippen LogP contribution is -2.43. The molecule has 0 aliphatic carbocycles. The molecule has 1 aliphatic heterocycles. The molecular weight excluding hydrogens is 373 g/mol. The van der Waals surface area contributed by atoms with Crippen molar-refractivity contribution in [2.45, 2.75) is 31.6 Å². The van der Waals surface area contributed by atoms with E-state index in [0.717, 1.165) is 11.0 Å². The van der Waals surface area contributed by atoms with Gasteiger partial charge in [-0.25, -0.2) is 4.79 Å². The summed E-state index contributed by atoms with van der Waals surface area (Å²) in [6.07, 6.45) is -4.32. The van der Waals surface area contributed by atoms with E-state index in [4.69, 9.17) is 4.74 Å². The summed E-state index contributed by atoms with van der Waals surface area (Å²) in [7, 11) is 1.51. The fourth-order valence-electron chi connectivity index (χ4n) is 3.39. The van der Waals surface area contributed by atoms with Crippen molar-refractivity contribution in [3.8, 4) is 5.75 Å². The summed E-state index contributed by atoms with van der Waals surface area (Å²) >= 11 is 0. The minimum Gasteiger partial charge on any atom is -0.497 e. The highest BCUT2D eigenvalue weighted by atomic mass is 19.4. The number of rotatable bonds is 5. The first-order chi connectivity index (χ1) is 13.2. The number of hydrogen-bond donors (Lipinski definition) is 1. The number of amides is 3. The van der Waals surface area contributed by atoms with Gasteiger partial charge in [0.2, 0.25) is 0 Å². The van der Waals surface area contributed by atoms with Crippen LogP contribution in [0, 0.1) is 0 Å². The van der Waals surface area contributed by atoms with Gasteiger partial charge in [-0.2, -0.15) is 13.2 Å². The van der Waals surface area contributed by atoms with Crippen LogP contribution in [0.3, 0.4) is 0 Å². The van der Waals surface area contributed by atoms with Crippen LogP contribution in [0.1, 0.15) is 30.0 Å². The monoisotopic (exact) mass is 392 g/mol. The minimum atomic E-state index is -4.58. The lowest BCUT2D eigenvalue weighted by atomic mass is 9.87. The molecule has 1 atom stereocenters. The highest BCUT2D eigenvalue weighted by molar-refractivity contribution is 6.07. The standard InChI is InChI=1S/C20H19F3N2O3/c1-3-19(14-8-10-15(28-2)11-9-14)17(26)25(18(27)24-19)12-13-6-4-5-7-16(13)20(21,22)23/h4-11H,3,12H2,1-2H3,(H,24,27)/t19-/m0/s1. The first-order valence-corrected chi connectivity index (χ1v) is 8.66. The number of carbonyl (C=O) groups is 2. The summed E-state index contributed by atoms with van der Waals surface area (Å²) in [5, 5.41) is 2.66. The SMILES string of the molecule is CC[C@@]1(c2ccc(OC)cc2)NC(=O)N(Cc2ccccc2C(F)(F)F)C1=O. The largest absolute Gasteiger partial charge is 0.497 e. The first-order valence-electron chi connectivity index (χ1n) is 8.66. The summed E-state index contributed by atoms with van der Waals surface area (Å²) in [5.41, 5.74) is -1.79. The summed E-state index contributed by atoms with van der Waals surface area (Å²) in [6.45, 7) is 1.27. The number of urea groups is 1. The van der Waals surface area contributed by atoms with Crippen LogP contribution < -0.4 is 10.1 Å². The second-order valence-corrected chi connectivity index (χ2v) is 6.46. The van der Waals surface area contributed by atoms with Crippen LogP contribution in [0.2, 0.25) is 0 Å². The third-order valence-electron chi connectivity index (χ3n) is 4.94. The van der Waals surface area contributed by atoms with Crippen LogP contribution in [0.25, 0.3) is 0 Å². The number of benzene rings is 2. The molecule has 0 unspecified atom stereocenters. The van der Waals surface area contributed by atoms with Gasteiger partial charge in [-0.3, -0.25) is 9.69 Å². The average molecular weight is 392 g/mol. The second-order valence-electron chi connectivity index (χ2n) is 6.46. The van der Waals surface area contributed by atoms with Gasteiger partial charge in [0, 0.05) is 0 Å². The zero-order valence-corrected chi connectivity index (χ0v) is 15.3. The summed E-state index contributed by atoms with van der Waals surface area (Å²) < 4.78 is 44.9. The lowest BCUT2D eigenvalue weighted by molar-refractivity contribution is -0.139. The van der Waals surface area contributed by atoms with Crippen LogP contribution in [-0.2, 0) is 23.1 Å². The van der Waals surface area contributed by atoms with E-state index in [1.807, 2.05) is 0 Å². The average Bonchev–Trinajstić information content (AvgIpc) is 2.93. The molecule has 1 fully saturated rings. The molecule has 2 aromatic rings. The van der Waals surface area contributed by atoms with Crippen molar-refractivity contribution in [3.63, 3.8) is 0 Å². The van der Waals surface area contributed by atoms with Gasteiger partial charge in [-0.1, -0.05) is 37.3 Å². The fraction of sp³-hybridized carbons (Fsp3) is 0.300. The van der Waals surface area contributed by atoms with E-state index in [1.54, 1.807) is 31.2 Å². The molecule has 5 nitrogen and oxygen atoms in total. The van der Waals surface area contributed by atoms with E-state index in [-0.39, 0.29) is 12.0 Å². The predicted molar refractivity (Wildman–Crippen MR) is 95.5 cm³/mol. The van der Waals surface area contributed by atoms with Gasteiger partial charge >= 0.3 is 12.2 Å². The van der Waals surface area contributed by atoms with Crippen molar-refractivity contribution in [1.82, 2.24) is 10.2 Å². The topological polar surface area (TPSA) is 58.6 Å². The number of halogens is 3. The number of carbonyl (C=O) groups excluding carboxylic acids is 2. The molecule has 1 aliphatic rings. The predicted octanol–water partition coefficient (Wildman–Crippen LogP) is 4.07. The molecule has 0 radical (unpaired) electrons. The Balaban J connectivity index is 1.95. The van der Waals surface area contributed by atoms with Crippen molar-refractivity contribution in [2.24, 2.45) is 0 Å². The van der Waals surface area contributed by atoms with Gasteiger partial charge in [0.05, 0.1) is 19.2 Å². The van der Waals surface area contributed by atoms with Gasteiger partial charge in [-0.05, 0) is 35.7 Å². The Morgan fingerprint density at radius 1 is 1.07 bits per heavy atom. The third kappa shape index (κ3) is 3.30. The van der Waals surface area contributed by atoms with Crippen LogP contribution in [0.5, 0.6) is 5.75 Å². The zero-order valence-electron chi connectivity index (χ0n) is 15.3. The fourth-order valence-corrected chi connectivity index (χ4v) is 3.39. The van der Waals surface area contributed by atoms with Crippen molar-refractivity contribution >= 4 is 11.9 Å². The Bertz CT molecular complexity index is 896. The van der Waals surface area contributed by atoms with Crippen molar-refractivity contribution in [1.29, 1.82) is 0 Å². The van der Waals surface area contributed by atoms with Crippen molar-refractivity contribution in [3.05, 3.63) is 65.2 Å². The number of hydrogen-bond acceptors (Lipinski definition) is 3. The molecular formula is C20H19F3N2O3. The maximum Gasteiger partial charge on any atom is 0.416 e. The number of nitrogens with zero attached hydrogens (tertiary/aromatic N) is 1. The van der Waals surface area contributed by atoms with Crippen LogP contribution in [0.15, 0.2) is 48.5 Å². The number of methoxy groups -OCH3 is 1. The summed E-state index contributed by atoms with van der Waals surface area (Å²) in [4.78, 5) is 26.5. The van der Waals surface area contributed by atoms with Gasteiger partial charge in [0.15, 0.2) is 0 Å². The first kappa shape index (κ1) is 19.7. The smallest absolute Gasteiger partial charge is 0.416 e. The van der Waals surface area contributed by atoms with Gasteiger partial charge in [-0.15, -0.1) is 0 Å². The van der Waals surface area contributed by atoms with Crippen LogP contribution in [-0.4, -0.2) is 23.9 Å². The van der Waals surface area contributed by atoms with Crippen molar-refractivity contribution in [2.75, 3.05) is 7.11 Å². The summed E-state index contributed by atoms with van der Waals surface area (Å²) in [6, 6.07) is 10.8. The molecule has 3 amide bonds. The second kappa shape index (κ2) is 7.18. The van der Waals surface area contributed by atoms with E-state index in [2.05, 4.69) is 5.32 Å². The molecule has 0 aromatic heterocycles. The molecule has 0 spiro atoms. The maximum atomic E-state index is 13.3. The quantitative estimate of drug-likeness (QED) is 0.781. The van der Waals surface area contributed by atoms with Gasteiger partial charge in [0.25, 0.3) is 5.91 Å². The molecule has 0 saturated carbocycles. The van der Waals surface area contributed by atoms with Crippen LogP contribution >= 0.6 is 0 Å². The highest BCUT2D eigenvalue weighted by Crippen LogP contribution is 2.36. The van der Waals surface area contributed by atoms with E-state index in [0.29, 0.717) is 11.3 Å². The molecule has 3 rings (SSSR count). The molecule has 2 aromatic carbocycles. The Kier molecular flexibility index (Phi) is 5.06. The molecule has 0 bridgehead atoms. The molecule has 148 valence electrons.